The van der Waals surface area contributed by atoms with Gasteiger partial charge in [-0.2, -0.15) is 0 Å². The molecule has 0 aliphatic carbocycles. The lowest BCUT2D eigenvalue weighted by Gasteiger charge is -2.38. The summed E-state index contributed by atoms with van der Waals surface area (Å²) in [5.74, 6) is 0. The van der Waals surface area contributed by atoms with Crippen molar-refractivity contribution < 1.29 is 14.2 Å². The van der Waals surface area contributed by atoms with Gasteiger partial charge in [-0.15, -0.1) is 0 Å². The number of ether oxygens (including phenoxy) is 3. The molecule has 0 bridgehead atoms. The van der Waals surface area contributed by atoms with Crippen molar-refractivity contribution in [1.82, 2.24) is 0 Å². The Balaban J connectivity index is 1.69. The van der Waals surface area contributed by atoms with Crippen LogP contribution in [0.5, 0.6) is 0 Å². The van der Waals surface area contributed by atoms with Gasteiger partial charge in [-0.1, -0.05) is 30.3 Å². The van der Waals surface area contributed by atoms with E-state index in [1.54, 1.807) is 0 Å². The van der Waals surface area contributed by atoms with Gasteiger partial charge in [0.2, 0.25) is 0 Å². The molecule has 0 radical (unpaired) electrons. The topological polar surface area (TPSA) is 27.7 Å². The molecule has 110 valence electrons. The molecule has 0 spiro atoms. The van der Waals surface area contributed by atoms with E-state index in [1.807, 2.05) is 0 Å². The first-order valence-electron chi connectivity index (χ1n) is 7.76. The number of rotatable bonds is 4. The number of hydrogen-bond donors (Lipinski definition) is 0. The molecule has 1 aromatic rings. The Bertz CT molecular complexity index is 392. The monoisotopic (exact) mass is 276 g/mol. The van der Waals surface area contributed by atoms with Crippen LogP contribution in [0, 0.1) is 0 Å². The van der Waals surface area contributed by atoms with Crippen molar-refractivity contribution in [2.45, 2.75) is 43.8 Å². The largest absolute Gasteiger partial charge is 0.381 e. The Morgan fingerprint density at radius 1 is 1.05 bits per heavy atom. The van der Waals surface area contributed by atoms with Gasteiger partial charge in [-0.05, 0) is 37.7 Å². The fourth-order valence-corrected chi connectivity index (χ4v) is 3.17. The van der Waals surface area contributed by atoms with Gasteiger partial charge in [0.1, 0.15) is 0 Å². The average Bonchev–Trinajstić information content (AvgIpc) is 2.56. The van der Waals surface area contributed by atoms with E-state index in [1.165, 1.54) is 12.0 Å². The first-order valence-corrected chi connectivity index (χ1v) is 7.76. The highest BCUT2D eigenvalue weighted by molar-refractivity contribution is 5.26. The standard InChI is InChI=1S/C17H24O3/c1-2-6-15(7-3-1)17(9-12-18-13-10-17)14-20-16-8-4-5-11-19-16/h1-3,6-7,16H,4-5,8-14H2. The normalized spacial score (nSPS) is 26.3. The van der Waals surface area contributed by atoms with E-state index in [2.05, 4.69) is 30.3 Å². The summed E-state index contributed by atoms with van der Waals surface area (Å²) in [6.45, 7) is 3.23. The molecule has 0 aromatic heterocycles. The maximum absolute atomic E-state index is 6.10. The van der Waals surface area contributed by atoms with Crippen molar-refractivity contribution in [2.75, 3.05) is 26.4 Å². The lowest BCUT2D eigenvalue weighted by Crippen LogP contribution is -2.40. The Morgan fingerprint density at radius 2 is 1.85 bits per heavy atom. The van der Waals surface area contributed by atoms with E-state index >= 15 is 0 Å². The first-order chi connectivity index (χ1) is 9.89. The molecule has 0 saturated carbocycles. The molecule has 3 rings (SSSR count). The molecule has 1 aromatic carbocycles. The van der Waals surface area contributed by atoms with Crippen LogP contribution in [-0.2, 0) is 19.6 Å². The number of benzene rings is 1. The lowest BCUT2D eigenvalue weighted by atomic mass is 9.75. The third kappa shape index (κ3) is 3.22. The maximum atomic E-state index is 6.10. The van der Waals surface area contributed by atoms with E-state index in [4.69, 9.17) is 14.2 Å². The van der Waals surface area contributed by atoms with Gasteiger partial charge in [0.25, 0.3) is 0 Å². The molecule has 1 unspecified atom stereocenters. The van der Waals surface area contributed by atoms with Crippen molar-refractivity contribution in [3.63, 3.8) is 0 Å². The summed E-state index contributed by atoms with van der Waals surface area (Å²) in [4.78, 5) is 0. The number of hydrogen-bond acceptors (Lipinski definition) is 3. The van der Waals surface area contributed by atoms with Crippen LogP contribution in [0.3, 0.4) is 0 Å². The van der Waals surface area contributed by atoms with Gasteiger partial charge in [0, 0.05) is 25.2 Å². The summed E-state index contributed by atoms with van der Waals surface area (Å²) in [5.41, 5.74) is 1.47. The summed E-state index contributed by atoms with van der Waals surface area (Å²) in [7, 11) is 0. The molecular weight excluding hydrogens is 252 g/mol. The van der Waals surface area contributed by atoms with Crippen LogP contribution in [0.4, 0.5) is 0 Å². The fraction of sp³-hybridized carbons (Fsp3) is 0.647. The van der Waals surface area contributed by atoms with Gasteiger partial charge in [0.05, 0.1) is 6.61 Å². The fourth-order valence-electron chi connectivity index (χ4n) is 3.17. The van der Waals surface area contributed by atoms with Crippen LogP contribution >= 0.6 is 0 Å². The molecule has 2 saturated heterocycles. The maximum Gasteiger partial charge on any atom is 0.157 e. The molecule has 0 amide bonds. The van der Waals surface area contributed by atoms with Crippen molar-refractivity contribution in [1.29, 1.82) is 0 Å². The van der Waals surface area contributed by atoms with E-state index in [0.717, 1.165) is 52.1 Å². The highest BCUT2D eigenvalue weighted by atomic mass is 16.7. The summed E-state index contributed by atoms with van der Waals surface area (Å²) in [6, 6.07) is 10.7. The van der Waals surface area contributed by atoms with Crippen LogP contribution < -0.4 is 0 Å². The Morgan fingerprint density at radius 3 is 2.55 bits per heavy atom. The smallest absolute Gasteiger partial charge is 0.157 e. The van der Waals surface area contributed by atoms with Gasteiger partial charge >= 0.3 is 0 Å². The van der Waals surface area contributed by atoms with Crippen LogP contribution in [0.2, 0.25) is 0 Å². The van der Waals surface area contributed by atoms with Crippen molar-refractivity contribution >= 4 is 0 Å². The van der Waals surface area contributed by atoms with Gasteiger partial charge in [0.15, 0.2) is 6.29 Å². The molecular formula is C17H24O3. The van der Waals surface area contributed by atoms with E-state index in [9.17, 15) is 0 Å². The first kappa shape index (κ1) is 14.1. The molecule has 3 heteroatoms. The third-order valence-electron chi connectivity index (χ3n) is 4.52. The quantitative estimate of drug-likeness (QED) is 0.844. The van der Waals surface area contributed by atoms with Crippen molar-refractivity contribution in [2.24, 2.45) is 0 Å². The lowest BCUT2D eigenvalue weighted by molar-refractivity contribution is -0.176. The summed E-state index contributed by atoms with van der Waals surface area (Å²) >= 11 is 0. The molecule has 2 aliphatic rings. The Kier molecular flexibility index (Phi) is 4.71. The van der Waals surface area contributed by atoms with Gasteiger partial charge in [-0.25, -0.2) is 0 Å². The second kappa shape index (κ2) is 6.70. The molecule has 2 fully saturated rings. The molecule has 2 aliphatic heterocycles. The molecule has 20 heavy (non-hydrogen) atoms. The summed E-state index contributed by atoms with van der Waals surface area (Å²) in [6.07, 6.45) is 5.46. The zero-order valence-electron chi connectivity index (χ0n) is 12.1. The van der Waals surface area contributed by atoms with Crippen LogP contribution in [0.25, 0.3) is 0 Å². The third-order valence-corrected chi connectivity index (χ3v) is 4.52. The molecule has 2 heterocycles. The van der Waals surface area contributed by atoms with Gasteiger partial charge in [-0.3, -0.25) is 0 Å². The van der Waals surface area contributed by atoms with Crippen molar-refractivity contribution in [3.05, 3.63) is 35.9 Å². The summed E-state index contributed by atoms with van der Waals surface area (Å²) in [5, 5.41) is 0. The minimum Gasteiger partial charge on any atom is -0.381 e. The van der Waals surface area contributed by atoms with E-state index < -0.39 is 0 Å². The second-order valence-corrected chi connectivity index (χ2v) is 5.87. The zero-order chi connectivity index (χ0) is 13.7. The summed E-state index contributed by atoms with van der Waals surface area (Å²) < 4.78 is 17.4. The minimum atomic E-state index is -0.00724. The Hall–Kier alpha value is -0.900. The van der Waals surface area contributed by atoms with Gasteiger partial charge < -0.3 is 14.2 Å². The minimum absolute atomic E-state index is 0.00724. The van der Waals surface area contributed by atoms with Crippen molar-refractivity contribution in [3.8, 4) is 0 Å². The molecule has 1 atom stereocenters. The SMILES string of the molecule is c1ccc(C2(COC3CCCCO3)CCOCC2)cc1. The van der Waals surface area contributed by atoms with Crippen LogP contribution in [0.15, 0.2) is 30.3 Å². The predicted octanol–water partition coefficient (Wildman–Crippen LogP) is 3.28. The second-order valence-electron chi connectivity index (χ2n) is 5.87. The Labute approximate surface area is 121 Å². The average molecular weight is 276 g/mol. The van der Waals surface area contributed by atoms with Crippen LogP contribution in [0.1, 0.15) is 37.7 Å². The highest BCUT2D eigenvalue weighted by Gasteiger charge is 2.35. The van der Waals surface area contributed by atoms with E-state index in [-0.39, 0.29) is 11.7 Å². The van der Waals surface area contributed by atoms with E-state index in [0.29, 0.717) is 0 Å². The predicted molar refractivity (Wildman–Crippen MR) is 77.7 cm³/mol. The highest BCUT2D eigenvalue weighted by Crippen LogP contribution is 2.35. The molecule has 3 nitrogen and oxygen atoms in total. The molecule has 0 N–H and O–H groups in total. The van der Waals surface area contributed by atoms with Crippen LogP contribution in [-0.4, -0.2) is 32.7 Å². The zero-order valence-corrected chi connectivity index (χ0v) is 12.1.